The molecule has 1 unspecified atom stereocenters. The fraction of sp³-hybridized carbons (Fsp3) is 0.188. The van der Waals surface area contributed by atoms with Crippen LogP contribution in [-0.4, -0.2) is 19.7 Å². The highest BCUT2D eigenvalue weighted by Gasteiger charge is 2.12. The van der Waals surface area contributed by atoms with Crippen LogP contribution >= 0.6 is 0 Å². The van der Waals surface area contributed by atoms with Gasteiger partial charge in [0.15, 0.2) is 0 Å². The Hall–Kier alpha value is -2.69. The van der Waals surface area contributed by atoms with Gasteiger partial charge in [0.1, 0.15) is 0 Å². The third kappa shape index (κ3) is 2.91. The monoisotopic (exact) mass is 279 g/mol. The van der Waals surface area contributed by atoms with Crippen LogP contribution in [0, 0.1) is 6.92 Å². The molecule has 0 bridgehead atoms. The summed E-state index contributed by atoms with van der Waals surface area (Å²) in [5.74, 6) is 0.637. The summed E-state index contributed by atoms with van der Waals surface area (Å²) in [6.07, 6.45) is 5.48. The molecule has 0 aliphatic heterocycles. The summed E-state index contributed by atoms with van der Waals surface area (Å²) >= 11 is 0. The van der Waals surface area contributed by atoms with Gasteiger partial charge >= 0.3 is 0 Å². The molecule has 0 radical (unpaired) electrons. The average molecular weight is 279 g/mol. The highest BCUT2D eigenvalue weighted by molar-refractivity contribution is 5.45. The second kappa shape index (κ2) is 5.75. The van der Waals surface area contributed by atoms with Crippen LogP contribution < -0.4 is 5.32 Å². The van der Waals surface area contributed by atoms with Gasteiger partial charge in [0.2, 0.25) is 5.95 Å². The highest BCUT2D eigenvalue weighted by Crippen LogP contribution is 2.23. The molecule has 5 heteroatoms. The molecule has 21 heavy (non-hydrogen) atoms. The van der Waals surface area contributed by atoms with Gasteiger partial charge in [0.25, 0.3) is 0 Å². The summed E-state index contributed by atoms with van der Waals surface area (Å²) in [5, 5.41) is 7.65. The Morgan fingerprint density at radius 2 is 1.95 bits per heavy atom. The summed E-state index contributed by atoms with van der Waals surface area (Å²) in [4.78, 5) is 8.64. The van der Waals surface area contributed by atoms with Crippen LogP contribution in [0.1, 0.15) is 24.2 Å². The second-order valence-electron chi connectivity index (χ2n) is 4.90. The van der Waals surface area contributed by atoms with E-state index in [4.69, 9.17) is 0 Å². The third-order valence-electron chi connectivity index (χ3n) is 3.29. The van der Waals surface area contributed by atoms with Gasteiger partial charge in [-0.3, -0.25) is 0 Å². The maximum Gasteiger partial charge on any atom is 0.223 e. The van der Waals surface area contributed by atoms with Crippen LogP contribution in [0.15, 0.2) is 55.0 Å². The first-order valence-electron chi connectivity index (χ1n) is 6.89. The van der Waals surface area contributed by atoms with E-state index in [1.807, 2.05) is 42.1 Å². The number of nitrogens with one attached hydrogen (secondary N) is 1. The summed E-state index contributed by atoms with van der Waals surface area (Å²) in [6, 6.07) is 12.1. The number of benzene rings is 1. The van der Waals surface area contributed by atoms with Crippen molar-refractivity contribution in [3.8, 4) is 5.69 Å². The lowest BCUT2D eigenvalue weighted by Crippen LogP contribution is -2.12. The molecule has 0 fully saturated rings. The topological polar surface area (TPSA) is 55.6 Å². The Labute approximate surface area is 123 Å². The summed E-state index contributed by atoms with van der Waals surface area (Å²) in [6.45, 7) is 4.04. The van der Waals surface area contributed by atoms with Gasteiger partial charge in [-0.1, -0.05) is 18.2 Å². The van der Waals surface area contributed by atoms with Crippen molar-refractivity contribution in [2.75, 3.05) is 5.32 Å². The lowest BCUT2D eigenvalue weighted by Gasteiger charge is -2.18. The normalized spacial score (nSPS) is 12.1. The number of nitrogens with zero attached hydrogens (tertiary/aromatic N) is 4. The van der Waals surface area contributed by atoms with E-state index in [1.165, 1.54) is 0 Å². The molecule has 3 aromatic rings. The van der Waals surface area contributed by atoms with Crippen LogP contribution in [0.2, 0.25) is 0 Å². The van der Waals surface area contributed by atoms with Gasteiger partial charge in [-0.2, -0.15) is 5.10 Å². The Morgan fingerprint density at radius 3 is 2.71 bits per heavy atom. The van der Waals surface area contributed by atoms with Gasteiger partial charge in [-0.05, 0) is 37.6 Å². The van der Waals surface area contributed by atoms with Gasteiger partial charge in [0.05, 0.1) is 11.7 Å². The molecule has 0 saturated heterocycles. The summed E-state index contributed by atoms with van der Waals surface area (Å²) in [5.41, 5.74) is 3.14. The maximum absolute atomic E-state index is 4.39. The lowest BCUT2D eigenvalue weighted by atomic mass is 10.1. The minimum absolute atomic E-state index is 0.0761. The van der Waals surface area contributed by atoms with E-state index in [0.29, 0.717) is 5.95 Å². The van der Waals surface area contributed by atoms with Crippen LogP contribution in [0.3, 0.4) is 0 Å². The Balaban J connectivity index is 1.90. The van der Waals surface area contributed by atoms with Crippen molar-refractivity contribution in [1.82, 2.24) is 19.7 Å². The Kier molecular flexibility index (Phi) is 3.64. The molecule has 1 aromatic carbocycles. The van der Waals surface area contributed by atoms with Crippen molar-refractivity contribution in [1.29, 1.82) is 0 Å². The second-order valence-corrected chi connectivity index (χ2v) is 4.90. The number of hydrogen-bond donors (Lipinski definition) is 1. The van der Waals surface area contributed by atoms with E-state index in [-0.39, 0.29) is 6.04 Å². The molecule has 0 aliphatic carbocycles. The summed E-state index contributed by atoms with van der Waals surface area (Å²) < 4.78 is 1.87. The van der Waals surface area contributed by atoms with Gasteiger partial charge in [0, 0.05) is 24.3 Å². The van der Waals surface area contributed by atoms with E-state index >= 15 is 0 Å². The molecule has 0 amide bonds. The Bertz CT molecular complexity index is 721. The molecule has 5 nitrogen and oxygen atoms in total. The van der Waals surface area contributed by atoms with Crippen LogP contribution in [0.5, 0.6) is 0 Å². The Morgan fingerprint density at radius 1 is 1.10 bits per heavy atom. The SMILES string of the molecule is Cc1ccnc(NC(C)c2ccccc2-n2cccn2)n1. The average Bonchev–Trinajstić information content (AvgIpc) is 3.01. The molecule has 3 rings (SSSR count). The zero-order valence-electron chi connectivity index (χ0n) is 12.1. The molecular weight excluding hydrogens is 262 g/mol. The smallest absolute Gasteiger partial charge is 0.223 e. The largest absolute Gasteiger partial charge is 0.348 e. The van der Waals surface area contributed by atoms with Crippen LogP contribution in [-0.2, 0) is 0 Å². The maximum atomic E-state index is 4.39. The van der Waals surface area contributed by atoms with Crippen molar-refractivity contribution >= 4 is 5.95 Å². The number of anilines is 1. The van der Waals surface area contributed by atoms with Crippen molar-refractivity contribution in [2.45, 2.75) is 19.9 Å². The first-order chi connectivity index (χ1) is 10.2. The predicted octanol–water partition coefficient (Wildman–Crippen LogP) is 3.14. The van der Waals surface area contributed by atoms with E-state index in [1.54, 1.807) is 12.4 Å². The molecule has 0 aliphatic rings. The number of aromatic nitrogens is 4. The van der Waals surface area contributed by atoms with E-state index in [2.05, 4.69) is 39.4 Å². The molecule has 0 saturated carbocycles. The first kappa shape index (κ1) is 13.3. The fourth-order valence-electron chi connectivity index (χ4n) is 2.26. The van der Waals surface area contributed by atoms with Crippen LogP contribution in [0.25, 0.3) is 5.69 Å². The fourth-order valence-corrected chi connectivity index (χ4v) is 2.26. The zero-order chi connectivity index (χ0) is 14.7. The van der Waals surface area contributed by atoms with Crippen molar-refractivity contribution in [3.63, 3.8) is 0 Å². The number of para-hydroxylation sites is 1. The van der Waals surface area contributed by atoms with Crippen molar-refractivity contribution in [3.05, 3.63) is 66.2 Å². The minimum Gasteiger partial charge on any atom is -0.348 e. The number of rotatable bonds is 4. The molecule has 106 valence electrons. The standard InChI is InChI=1S/C16H17N5/c1-12-8-10-17-16(19-12)20-13(2)14-6-3-4-7-15(14)21-11-5-9-18-21/h3-11,13H,1-2H3,(H,17,19,20). The van der Waals surface area contributed by atoms with Gasteiger partial charge in [-0.15, -0.1) is 0 Å². The molecular formula is C16H17N5. The van der Waals surface area contributed by atoms with Gasteiger partial charge in [-0.25, -0.2) is 14.6 Å². The van der Waals surface area contributed by atoms with E-state index in [9.17, 15) is 0 Å². The molecule has 0 spiro atoms. The molecule has 2 aromatic heterocycles. The van der Waals surface area contributed by atoms with Crippen LogP contribution in [0.4, 0.5) is 5.95 Å². The molecule has 1 atom stereocenters. The quantitative estimate of drug-likeness (QED) is 0.797. The lowest BCUT2D eigenvalue weighted by molar-refractivity contribution is 0.807. The molecule has 2 heterocycles. The first-order valence-corrected chi connectivity index (χ1v) is 6.89. The summed E-state index contributed by atoms with van der Waals surface area (Å²) in [7, 11) is 0. The van der Waals surface area contributed by atoms with E-state index in [0.717, 1.165) is 16.9 Å². The predicted molar refractivity (Wildman–Crippen MR) is 82.4 cm³/mol. The number of hydrogen-bond acceptors (Lipinski definition) is 4. The van der Waals surface area contributed by atoms with Gasteiger partial charge < -0.3 is 5.32 Å². The third-order valence-corrected chi connectivity index (χ3v) is 3.29. The minimum atomic E-state index is 0.0761. The van der Waals surface area contributed by atoms with Crippen molar-refractivity contribution in [2.24, 2.45) is 0 Å². The molecule has 1 N–H and O–H groups in total. The zero-order valence-corrected chi connectivity index (χ0v) is 12.1. The highest BCUT2D eigenvalue weighted by atomic mass is 15.3. The van der Waals surface area contributed by atoms with Crippen molar-refractivity contribution < 1.29 is 0 Å². The van der Waals surface area contributed by atoms with E-state index < -0.39 is 0 Å². The number of aryl methyl sites for hydroxylation is 1.